The molecule has 1 aromatic carbocycles. The number of carbonyl (C=O) groups is 1. The highest BCUT2D eigenvalue weighted by molar-refractivity contribution is 5.99. The molecule has 0 atom stereocenters. The Hall–Kier alpha value is -3.41. The Balaban J connectivity index is 1.41. The number of fused-ring (bicyclic) bond motifs is 1. The van der Waals surface area contributed by atoms with Crippen LogP contribution in [0.4, 0.5) is 16.2 Å². The van der Waals surface area contributed by atoms with Gasteiger partial charge >= 0.3 is 6.03 Å². The van der Waals surface area contributed by atoms with Crippen LogP contribution in [0, 0.1) is 0 Å². The van der Waals surface area contributed by atoms with Gasteiger partial charge in [-0.05, 0) is 47.9 Å². The van der Waals surface area contributed by atoms with Gasteiger partial charge in [-0.1, -0.05) is 12.1 Å². The molecule has 0 fully saturated rings. The highest BCUT2D eigenvalue weighted by atomic mass is 16.2. The number of aromatic nitrogens is 2. The molecule has 0 bridgehead atoms. The normalized spacial score (nSPS) is 13.5. The lowest BCUT2D eigenvalue weighted by atomic mass is 10.0. The van der Waals surface area contributed by atoms with E-state index in [1.807, 2.05) is 65.5 Å². The molecule has 3 heterocycles. The van der Waals surface area contributed by atoms with E-state index in [0.717, 1.165) is 29.9 Å². The predicted octanol–water partition coefficient (Wildman–Crippen LogP) is 3.84. The third kappa shape index (κ3) is 3.42. The van der Waals surface area contributed by atoms with Gasteiger partial charge in [0, 0.05) is 37.0 Å². The van der Waals surface area contributed by atoms with Crippen molar-refractivity contribution in [2.45, 2.75) is 6.42 Å². The molecule has 2 aromatic heterocycles. The first-order chi connectivity index (χ1) is 12.3. The van der Waals surface area contributed by atoms with Crippen LogP contribution in [0.3, 0.4) is 0 Å². The fourth-order valence-corrected chi connectivity index (χ4v) is 2.78. The van der Waals surface area contributed by atoms with Crippen molar-refractivity contribution in [1.29, 1.82) is 0 Å². The van der Waals surface area contributed by atoms with Gasteiger partial charge in [0.2, 0.25) is 0 Å². The summed E-state index contributed by atoms with van der Waals surface area (Å²) in [5.74, 6) is 0. The van der Waals surface area contributed by atoms with E-state index in [0.29, 0.717) is 5.69 Å². The first-order valence-electron chi connectivity index (χ1n) is 8.08. The maximum absolute atomic E-state index is 12.2. The number of hydrogen-bond donors (Lipinski definition) is 2. The summed E-state index contributed by atoms with van der Waals surface area (Å²) in [6, 6.07) is 11.2. The van der Waals surface area contributed by atoms with E-state index in [1.54, 1.807) is 6.20 Å². The minimum Gasteiger partial charge on any atom is -0.308 e. The molecule has 6 heteroatoms. The van der Waals surface area contributed by atoms with Gasteiger partial charge < -0.3 is 15.0 Å². The van der Waals surface area contributed by atoms with Gasteiger partial charge in [0.1, 0.15) is 5.65 Å². The Morgan fingerprint density at radius 1 is 1.04 bits per heavy atom. The van der Waals surface area contributed by atoms with E-state index in [-0.39, 0.29) is 6.03 Å². The lowest BCUT2D eigenvalue weighted by Crippen LogP contribution is -2.19. The summed E-state index contributed by atoms with van der Waals surface area (Å²) < 4.78 is 1.85. The Kier molecular flexibility index (Phi) is 4.00. The van der Waals surface area contributed by atoms with Crippen LogP contribution in [-0.2, 0) is 0 Å². The minimum atomic E-state index is -0.281. The summed E-state index contributed by atoms with van der Waals surface area (Å²) in [7, 11) is 0. The van der Waals surface area contributed by atoms with Gasteiger partial charge in [-0.25, -0.2) is 9.78 Å². The first-order valence-corrected chi connectivity index (χ1v) is 8.08. The number of urea groups is 1. The van der Waals surface area contributed by atoms with Crippen LogP contribution in [0.5, 0.6) is 0 Å². The second-order valence-electron chi connectivity index (χ2n) is 5.76. The SMILES string of the molecule is O=C(Nc1ccc(C2=CC=NCC2)cc1)Nc1ccc2nccn2c1. The summed E-state index contributed by atoms with van der Waals surface area (Å²) >= 11 is 0. The molecule has 0 saturated heterocycles. The minimum absolute atomic E-state index is 0.281. The number of anilines is 2. The molecule has 2 N–H and O–H groups in total. The maximum atomic E-state index is 12.2. The van der Waals surface area contributed by atoms with Crippen LogP contribution in [0.2, 0.25) is 0 Å². The lowest BCUT2D eigenvalue weighted by molar-refractivity contribution is 0.262. The number of hydrogen-bond acceptors (Lipinski definition) is 3. The number of carbonyl (C=O) groups excluding carboxylic acids is 1. The zero-order chi connectivity index (χ0) is 17.1. The van der Waals surface area contributed by atoms with Crippen LogP contribution in [0.25, 0.3) is 11.2 Å². The average Bonchev–Trinajstić information content (AvgIpc) is 3.11. The molecular weight excluding hydrogens is 314 g/mol. The second kappa shape index (κ2) is 6.60. The topological polar surface area (TPSA) is 70.8 Å². The van der Waals surface area contributed by atoms with Crippen molar-refractivity contribution in [3.8, 4) is 0 Å². The second-order valence-corrected chi connectivity index (χ2v) is 5.76. The van der Waals surface area contributed by atoms with Gasteiger partial charge in [0.25, 0.3) is 0 Å². The Bertz CT molecular complexity index is 969. The Morgan fingerprint density at radius 3 is 2.64 bits per heavy atom. The van der Waals surface area contributed by atoms with E-state index in [1.165, 1.54) is 5.57 Å². The monoisotopic (exact) mass is 331 g/mol. The van der Waals surface area contributed by atoms with Gasteiger partial charge in [0.15, 0.2) is 0 Å². The molecule has 1 aliphatic rings. The van der Waals surface area contributed by atoms with Crippen molar-refractivity contribution in [3.63, 3.8) is 0 Å². The number of pyridine rings is 1. The number of allylic oxidation sites excluding steroid dienone is 1. The molecule has 0 aliphatic carbocycles. The van der Waals surface area contributed by atoms with E-state index in [4.69, 9.17) is 0 Å². The molecule has 0 spiro atoms. The number of nitrogens with one attached hydrogen (secondary N) is 2. The summed E-state index contributed by atoms with van der Waals surface area (Å²) in [6.07, 6.45) is 10.2. The fourth-order valence-electron chi connectivity index (χ4n) is 2.78. The average molecular weight is 331 g/mol. The molecule has 3 aromatic rings. The van der Waals surface area contributed by atoms with E-state index in [2.05, 4.69) is 20.6 Å². The summed E-state index contributed by atoms with van der Waals surface area (Å²) in [5.41, 5.74) is 4.70. The first kappa shape index (κ1) is 15.1. The number of benzene rings is 1. The largest absolute Gasteiger partial charge is 0.323 e. The summed E-state index contributed by atoms with van der Waals surface area (Å²) in [4.78, 5) is 20.5. The smallest absolute Gasteiger partial charge is 0.308 e. The Labute approximate surface area is 144 Å². The van der Waals surface area contributed by atoms with Crippen molar-refractivity contribution in [2.75, 3.05) is 17.2 Å². The fraction of sp³-hybridized carbons (Fsp3) is 0.105. The highest BCUT2D eigenvalue weighted by Gasteiger charge is 2.06. The Morgan fingerprint density at radius 2 is 1.84 bits per heavy atom. The number of dihydropyridines is 1. The molecule has 4 rings (SSSR count). The molecule has 6 nitrogen and oxygen atoms in total. The summed E-state index contributed by atoms with van der Waals surface area (Å²) in [5, 5.41) is 5.66. The third-order valence-corrected chi connectivity index (χ3v) is 4.05. The van der Waals surface area contributed by atoms with Crippen LogP contribution in [0.15, 0.2) is 66.1 Å². The summed E-state index contributed by atoms with van der Waals surface area (Å²) in [6.45, 7) is 0.829. The molecule has 0 saturated carbocycles. The van der Waals surface area contributed by atoms with Gasteiger partial charge in [-0.3, -0.25) is 4.99 Å². The zero-order valence-electron chi connectivity index (χ0n) is 13.5. The zero-order valence-corrected chi connectivity index (χ0v) is 13.5. The molecular formula is C19H17N5O. The number of aliphatic imine (C=N–C) groups is 1. The van der Waals surface area contributed by atoms with Crippen LogP contribution >= 0.6 is 0 Å². The predicted molar refractivity (Wildman–Crippen MR) is 100 cm³/mol. The third-order valence-electron chi connectivity index (χ3n) is 4.05. The van der Waals surface area contributed by atoms with Crippen molar-refractivity contribution in [2.24, 2.45) is 4.99 Å². The van der Waals surface area contributed by atoms with Crippen LogP contribution in [0.1, 0.15) is 12.0 Å². The van der Waals surface area contributed by atoms with Crippen LogP contribution < -0.4 is 10.6 Å². The molecule has 124 valence electrons. The van der Waals surface area contributed by atoms with Crippen molar-refractivity contribution < 1.29 is 4.79 Å². The quantitative estimate of drug-likeness (QED) is 0.765. The van der Waals surface area contributed by atoms with Gasteiger partial charge in [-0.2, -0.15) is 0 Å². The molecule has 25 heavy (non-hydrogen) atoms. The van der Waals surface area contributed by atoms with E-state index in [9.17, 15) is 4.79 Å². The molecule has 2 amide bonds. The maximum Gasteiger partial charge on any atom is 0.323 e. The lowest BCUT2D eigenvalue weighted by Gasteiger charge is -2.11. The van der Waals surface area contributed by atoms with Gasteiger partial charge in [-0.15, -0.1) is 0 Å². The van der Waals surface area contributed by atoms with Crippen molar-refractivity contribution >= 4 is 34.8 Å². The van der Waals surface area contributed by atoms with E-state index < -0.39 is 0 Å². The standard InChI is InChI=1S/C19H17N5O/c25-19(23-17-5-6-18-21-11-12-24(18)13-17)22-16-3-1-14(2-4-16)15-7-9-20-10-8-15/h1-7,9,11-13H,8,10H2,(H2,22,23,25). The number of imidazole rings is 1. The number of nitrogens with zero attached hydrogens (tertiary/aromatic N) is 3. The van der Waals surface area contributed by atoms with Gasteiger partial charge in [0.05, 0.1) is 5.69 Å². The molecule has 1 aliphatic heterocycles. The van der Waals surface area contributed by atoms with Crippen molar-refractivity contribution in [3.05, 3.63) is 66.6 Å². The molecule has 0 unspecified atom stereocenters. The van der Waals surface area contributed by atoms with Crippen molar-refractivity contribution in [1.82, 2.24) is 9.38 Å². The number of rotatable bonds is 3. The van der Waals surface area contributed by atoms with E-state index >= 15 is 0 Å². The van der Waals surface area contributed by atoms with Crippen LogP contribution in [-0.4, -0.2) is 28.2 Å². The number of amides is 2. The highest BCUT2D eigenvalue weighted by Crippen LogP contribution is 2.21. The molecule has 0 radical (unpaired) electrons.